The van der Waals surface area contributed by atoms with Crippen molar-refractivity contribution < 1.29 is 13.9 Å². The molecule has 0 unspecified atom stereocenters. The number of hydrogen-bond donors (Lipinski definition) is 0. The summed E-state index contributed by atoms with van der Waals surface area (Å²) in [6, 6.07) is 15.9. The van der Waals surface area contributed by atoms with Gasteiger partial charge in [0, 0.05) is 4.90 Å². The van der Waals surface area contributed by atoms with Gasteiger partial charge in [0.15, 0.2) is 23.5 Å². The molecule has 0 bridgehead atoms. The highest BCUT2D eigenvalue weighted by molar-refractivity contribution is 7.99. The molecule has 23 heavy (non-hydrogen) atoms. The van der Waals surface area contributed by atoms with E-state index in [1.165, 1.54) is 23.7 Å². The standard InChI is InChI=1S/C18H15NO3S/c1-13-3-2-4-14(9-13)11-21-15-5-7-16(8-6-15)23-18-17(10-20)19-12-22-18/h2-10,12H,11H2,1H3. The molecule has 0 spiro atoms. The van der Waals surface area contributed by atoms with Gasteiger partial charge in [-0.15, -0.1) is 0 Å². The fourth-order valence-corrected chi connectivity index (χ4v) is 2.86. The molecule has 0 saturated heterocycles. The van der Waals surface area contributed by atoms with Gasteiger partial charge in [0.1, 0.15) is 12.4 Å². The van der Waals surface area contributed by atoms with Crippen molar-refractivity contribution in [3.63, 3.8) is 0 Å². The Morgan fingerprint density at radius 1 is 1.22 bits per heavy atom. The fourth-order valence-electron chi connectivity index (χ4n) is 2.08. The van der Waals surface area contributed by atoms with Crippen molar-refractivity contribution in [1.29, 1.82) is 0 Å². The maximum atomic E-state index is 10.8. The zero-order valence-corrected chi connectivity index (χ0v) is 13.4. The molecule has 0 N–H and O–H groups in total. The van der Waals surface area contributed by atoms with Crippen LogP contribution in [0.4, 0.5) is 0 Å². The van der Waals surface area contributed by atoms with Crippen LogP contribution in [-0.4, -0.2) is 11.3 Å². The lowest BCUT2D eigenvalue weighted by molar-refractivity contribution is 0.111. The quantitative estimate of drug-likeness (QED) is 0.623. The Morgan fingerprint density at radius 2 is 2.04 bits per heavy atom. The summed E-state index contributed by atoms with van der Waals surface area (Å²) in [5, 5.41) is 0.494. The van der Waals surface area contributed by atoms with Gasteiger partial charge in [-0.1, -0.05) is 29.8 Å². The molecule has 0 amide bonds. The van der Waals surface area contributed by atoms with Crippen molar-refractivity contribution in [3.05, 3.63) is 71.7 Å². The summed E-state index contributed by atoms with van der Waals surface area (Å²) < 4.78 is 11.0. The van der Waals surface area contributed by atoms with Gasteiger partial charge in [0.2, 0.25) is 0 Å². The third kappa shape index (κ3) is 4.02. The lowest BCUT2D eigenvalue weighted by Crippen LogP contribution is -1.95. The van der Waals surface area contributed by atoms with Gasteiger partial charge in [-0.25, -0.2) is 4.98 Å². The van der Waals surface area contributed by atoms with Crippen molar-refractivity contribution >= 4 is 18.0 Å². The summed E-state index contributed by atoms with van der Waals surface area (Å²) in [6.45, 7) is 2.60. The van der Waals surface area contributed by atoms with Gasteiger partial charge in [-0.3, -0.25) is 4.79 Å². The molecule has 1 heterocycles. The van der Waals surface area contributed by atoms with E-state index in [2.05, 4.69) is 24.0 Å². The van der Waals surface area contributed by atoms with Gasteiger partial charge < -0.3 is 9.15 Å². The minimum atomic E-state index is 0.315. The van der Waals surface area contributed by atoms with Crippen LogP contribution in [-0.2, 0) is 6.61 Å². The maximum absolute atomic E-state index is 10.8. The average molecular weight is 325 g/mol. The second-order valence-electron chi connectivity index (χ2n) is 4.99. The van der Waals surface area contributed by atoms with E-state index >= 15 is 0 Å². The largest absolute Gasteiger partial charge is 0.489 e. The molecule has 0 atom stereocenters. The Kier molecular flexibility index (Phi) is 4.78. The molecule has 1 aromatic heterocycles. The molecule has 2 aromatic carbocycles. The highest BCUT2D eigenvalue weighted by atomic mass is 32.2. The minimum Gasteiger partial charge on any atom is -0.489 e. The molecule has 0 radical (unpaired) electrons. The Morgan fingerprint density at radius 3 is 2.78 bits per heavy atom. The van der Waals surface area contributed by atoms with Crippen molar-refractivity contribution in [2.45, 2.75) is 23.5 Å². The number of aryl methyl sites for hydroxylation is 1. The third-order valence-electron chi connectivity index (χ3n) is 3.19. The maximum Gasteiger partial charge on any atom is 0.196 e. The predicted molar refractivity (Wildman–Crippen MR) is 88.0 cm³/mol. The Balaban J connectivity index is 1.62. The highest BCUT2D eigenvalue weighted by Gasteiger charge is 2.09. The van der Waals surface area contributed by atoms with Crippen molar-refractivity contribution in [2.24, 2.45) is 0 Å². The number of aromatic nitrogens is 1. The number of ether oxygens (including phenoxy) is 1. The van der Waals surface area contributed by atoms with Crippen molar-refractivity contribution in [1.82, 2.24) is 4.98 Å². The van der Waals surface area contributed by atoms with Gasteiger partial charge in [-0.05, 0) is 48.5 Å². The average Bonchev–Trinajstić information content (AvgIpc) is 3.01. The van der Waals surface area contributed by atoms with Crippen LogP contribution in [0.25, 0.3) is 0 Å². The smallest absolute Gasteiger partial charge is 0.196 e. The Bertz CT molecular complexity index is 796. The number of aldehydes is 1. The van der Waals surface area contributed by atoms with E-state index in [4.69, 9.17) is 9.15 Å². The van der Waals surface area contributed by atoms with Gasteiger partial charge in [-0.2, -0.15) is 0 Å². The van der Waals surface area contributed by atoms with Crippen LogP contribution in [0, 0.1) is 6.92 Å². The Hall–Kier alpha value is -2.53. The van der Waals surface area contributed by atoms with Gasteiger partial charge in [0.25, 0.3) is 0 Å². The zero-order chi connectivity index (χ0) is 16.1. The first-order valence-corrected chi connectivity index (χ1v) is 7.91. The third-order valence-corrected chi connectivity index (χ3v) is 4.19. The number of carbonyl (C=O) groups is 1. The van der Waals surface area contributed by atoms with Crippen LogP contribution in [0.3, 0.4) is 0 Å². The van der Waals surface area contributed by atoms with E-state index in [1.54, 1.807) is 0 Å². The first-order valence-electron chi connectivity index (χ1n) is 7.09. The van der Waals surface area contributed by atoms with E-state index < -0.39 is 0 Å². The molecule has 0 aliphatic rings. The normalized spacial score (nSPS) is 10.5. The number of carbonyl (C=O) groups excluding carboxylic acids is 1. The highest BCUT2D eigenvalue weighted by Crippen LogP contribution is 2.30. The van der Waals surface area contributed by atoms with E-state index in [-0.39, 0.29) is 0 Å². The second kappa shape index (κ2) is 7.15. The SMILES string of the molecule is Cc1cccc(COc2ccc(Sc3ocnc3C=O)cc2)c1. The van der Waals surface area contributed by atoms with Crippen LogP contribution < -0.4 is 4.74 Å². The minimum absolute atomic E-state index is 0.315. The van der Waals surface area contributed by atoms with Crippen LogP contribution in [0.2, 0.25) is 0 Å². The summed E-state index contributed by atoms with van der Waals surface area (Å²) in [5.74, 6) is 0.795. The van der Waals surface area contributed by atoms with E-state index in [1.807, 2.05) is 36.4 Å². The number of rotatable bonds is 6. The molecular formula is C18H15NO3S. The topological polar surface area (TPSA) is 52.3 Å². The molecule has 3 aromatic rings. The molecule has 4 nitrogen and oxygen atoms in total. The molecule has 5 heteroatoms. The molecule has 0 aliphatic heterocycles. The number of oxazole rings is 1. The van der Waals surface area contributed by atoms with Crippen molar-refractivity contribution in [3.8, 4) is 5.75 Å². The predicted octanol–water partition coefficient (Wildman–Crippen LogP) is 4.53. The summed E-state index contributed by atoms with van der Waals surface area (Å²) in [4.78, 5) is 15.6. The monoisotopic (exact) mass is 325 g/mol. The molecule has 0 aliphatic carbocycles. The van der Waals surface area contributed by atoms with Crippen LogP contribution in [0.1, 0.15) is 21.6 Å². The number of benzene rings is 2. The summed E-state index contributed by atoms with van der Waals surface area (Å²) in [7, 11) is 0. The molecule has 0 fully saturated rings. The molecule has 116 valence electrons. The molecular weight excluding hydrogens is 310 g/mol. The van der Waals surface area contributed by atoms with Crippen LogP contribution in [0.15, 0.2) is 69.3 Å². The number of nitrogens with zero attached hydrogens (tertiary/aromatic N) is 1. The number of hydrogen-bond acceptors (Lipinski definition) is 5. The lowest BCUT2D eigenvalue weighted by atomic mass is 10.1. The summed E-state index contributed by atoms with van der Waals surface area (Å²) >= 11 is 1.35. The van der Waals surface area contributed by atoms with Gasteiger partial charge >= 0.3 is 0 Å². The van der Waals surface area contributed by atoms with Crippen LogP contribution >= 0.6 is 11.8 Å². The molecule has 3 rings (SSSR count). The first kappa shape index (κ1) is 15.4. The van der Waals surface area contributed by atoms with E-state index in [0.717, 1.165) is 16.2 Å². The van der Waals surface area contributed by atoms with Crippen molar-refractivity contribution in [2.75, 3.05) is 0 Å². The van der Waals surface area contributed by atoms with Gasteiger partial charge in [0.05, 0.1) is 0 Å². The summed E-state index contributed by atoms with van der Waals surface area (Å²) in [5.41, 5.74) is 2.67. The lowest BCUT2D eigenvalue weighted by Gasteiger charge is -2.07. The Labute approximate surface area is 138 Å². The van der Waals surface area contributed by atoms with E-state index in [0.29, 0.717) is 23.7 Å². The molecule has 0 saturated carbocycles. The summed E-state index contributed by atoms with van der Waals surface area (Å²) in [6.07, 6.45) is 1.95. The second-order valence-corrected chi connectivity index (χ2v) is 6.04. The van der Waals surface area contributed by atoms with E-state index in [9.17, 15) is 4.79 Å². The first-order chi connectivity index (χ1) is 11.2. The fraction of sp³-hybridized carbons (Fsp3) is 0.111. The zero-order valence-electron chi connectivity index (χ0n) is 12.6. The van der Waals surface area contributed by atoms with Crippen LogP contribution in [0.5, 0.6) is 5.75 Å².